The molecule has 1 fully saturated rings. The number of benzene rings is 3. The van der Waals surface area contributed by atoms with Crippen LogP contribution in [0.3, 0.4) is 0 Å². The fraction of sp³-hybridized carbons (Fsp3) is 0.345. The molecule has 200 valence electrons. The van der Waals surface area contributed by atoms with Gasteiger partial charge < -0.3 is 10.1 Å². The zero-order valence-corrected chi connectivity index (χ0v) is 23.0. The Balaban J connectivity index is 1.34. The van der Waals surface area contributed by atoms with Gasteiger partial charge in [0.1, 0.15) is 5.75 Å². The number of hydrogen-bond donors (Lipinski definition) is 1. The molecule has 3 aromatic carbocycles. The highest BCUT2D eigenvalue weighted by Crippen LogP contribution is 2.39. The van der Waals surface area contributed by atoms with Crippen molar-refractivity contribution in [3.05, 3.63) is 88.4 Å². The Morgan fingerprint density at radius 1 is 1.00 bits per heavy atom. The average Bonchev–Trinajstić information content (AvgIpc) is 2.92. The molecule has 9 heteroatoms. The van der Waals surface area contributed by atoms with E-state index >= 15 is 0 Å². The molecule has 0 aliphatic carbocycles. The molecule has 0 spiro atoms. The van der Waals surface area contributed by atoms with E-state index < -0.39 is 16.1 Å². The normalized spacial score (nSPS) is 17.9. The summed E-state index contributed by atoms with van der Waals surface area (Å²) in [6, 6.07) is 19.5. The highest BCUT2D eigenvalue weighted by molar-refractivity contribution is 7.92. The molecule has 2 heterocycles. The lowest BCUT2D eigenvalue weighted by Crippen LogP contribution is -2.50. The Morgan fingerprint density at radius 3 is 2.45 bits per heavy atom. The molecule has 1 saturated heterocycles. The van der Waals surface area contributed by atoms with Gasteiger partial charge in [0.15, 0.2) is 6.10 Å². The average molecular weight is 554 g/mol. The number of ether oxygens (including phenoxy) is 1. The summed E-state index contributed by atoms with van der Waals surface area (Å²) in [5.41, 5.74) is 3.49. The van der Waals surface area contributed by atoms with Crippen molar-refractivity contribution in [2.45, 2.75) is 50.3 Å². The van der Waals surface area contributed by atoms with Gasteiger partial charge in [0.25, 0.3) is 15.9 Å². The van der Waals surface area contributed by atoms with E-state index in [0.717, 1.165) is 30.8 Å². The maximum absolute atomic E-state index is 13.6. The van der Waals surface area contributed by atoms with Crippen LogP contribution < -0.4 is 14.4 Å². The standard InChI is InChI=1S/C29H32ClN3O4S/c1-21-9-12-25(13-10-21)38(35,36)33-20-28(37-27-14-11-24(30)17-26(27)33)29(34)31-18-22-7-3-4-8-23(22)19-32-15-5-2-6-16-32/h3-4,7-14,17,28H,2,5-6,15-16,18-20H2,1H3,(H,31,34)/t28-/m0/s1. The Labute approximate surface area is 229 Å². The Hall–Kier alpha value is -3.07. The molecule has 1 N–H and O–H groups in total. The summed E-state index contributed by atoms with van der Waals surface area (Å²) in [6.07, 6.45) is 2.69. The van der Waals surface area contributed by atoms with Crippen LogP contribution in [0.2, 0.25) is 5.02 Å². The second kappa shape index (κ2) is 11.4. The molecule has 2 aliphatic heterocycles. The number of sulfonamides is 1. The van der Waals surface area contributed by atoms with Crippen LogP contribution in [0.25, 0.3) is 0 Å². The predicted octanol–water partition coefficient (Wildman–Crippen LogP) is 4.91. The number of carbonyl (C=O) groups is 1. The highest BCUT2D eigenvalue weighted by atomic mass is 35.5. The first-order valence-electron chi connectivity index (χ1n) is 12.9. The van der Waals surface area contributed by atoms with Crippen molar-refractivity contribution < 1.29 is 17.9 Å². The number of amides is 1. The van der Waals surface area contributed by atoms with Crippen LogP contribution in [-0.4, -0.2) is 45.0 Å². The molecule has 7 nitrogen and oxygen atoms in total. The molecule has 3 aromatic rings. The van der Waals surface area contributed by atoms with Gasteiger partial charge in [0.2, 0.25) is 0 Å². The highest BCUT2D eigenvalue weighted by Gasteiger charge is 2.37. The van der Waals surface area contributed by atoms with E-state index in [4.69, 9.17) is 16.3 Å². The predicted molar refractivity (Wildman–Crippen MR) is 149 cm³/mol. The Bertz CT molecular complexity index is 1410. The molecular weight excluding hydrogens is 522 g/mol. The number of rotatable bonds is 7. The molecule has 0 radical (unpaired) electrons. The van der Waals surface area contributed by atoms with Gasteiger partial charge in [-0.05, 0) is 74.3 Å². The number of hydrogen-bond acceptors (Lipinski definition) is 5. The van der Waals surface area contributed by atoms with Crippen molar-refractivity contribution in [1.29, 1.82) is 0 Å². The lowest BCUT2D eigenvalue weighted by atomic mass is 10.0. The van der Waals surface area contributed by atoms with Crippen LogP contribution in [0, 0.1) is 6.92 Å². The second-order valence-electron chi connectivity index (χ2n) is 9.89. The summed E-state index contributed by atoms with van der Waals surface area (Å²) >= 11 is 6.20. The largest absolute Gasteiger partial charge is 0.476 e. The number of carbonyl (C=O) groups excluding carboxylic acids is 1. The van der Waals surface area contributed by atoms with Crippen molar-refractivity contribution in [2.24, 2.45) is 0 Å². The second-order valence-corrected chi connectivity index (χ2v) is 12.2. The van der Waals surface area contributed by atoms with E-state index in [1.165, 1.54) is 29.1 Å². The molecule has 0 aromatic heterocycles. The number of nitrogens with zero attached hydrogens (tertiary/aromatic N) is 2. The number of piperidine rings is 1. The fourth-order valence-corrected chi connectivity index (χ4v) is 6.60. The third-order valence-corrected chi connectivity index (χ3v) is 9.14. The van der Waals surface area contributed by atoms with Crippen LogP contribution in [0.1, 0.15) is 36.0 Å². The number of anilines is 1. The SMILES string of the molecule is Cc1ccc(S(=O)(=O)N2C[C@@H](C(=O)NCc3ccccc3CN3CCCCC3)Oc3ccc(Cl)cc32)cc1. The minimum absolute atomic E-state index is 0.140. The van der Waals surface area contributed by atoms with Gasteiger partial charge in [-0.1, -0.05) is 60.0 Å². The number of likely N-dealkylation sites (tertiary alicyclic amines) is 1. The van der Waals surface area contributed by atoms with Gasteiger partial charge in [0, 0.05) is 18.1 Å². The summed E-state index contributed by atoms with van der Waals surface area (Å²) < 4.78 is 34.5. The smallest absolute Gasteiger partial charge is 0.264 e. The molecule has 0 bridgehead atoms. The fourth-order valence-electron chi connectivity index (χ4n) is 4.96. The van der Waals surface area contributed by atoms with Crippen molar-refractivity contribution in [2.75, 3.05) is 23.9 Å². The van der Waals surface area contributed by atoms with E-state index in [1.807, 2.05) is 25.1 Å². The first kappa shape index (κ1) is 26.5. The number of nitrogens with one attached hydrogen (secondary N) is 1. The Morgan fingerprint density at radius 2 is 1.71 bits per heavy atom. The van der Waals surface area contributed by atoms with Gasteiger partial charge >= 0.3 is 0 Å². The third-order valence-electron chi connectivity index (χ3n) is 7.11. The van der Waals surface area contributed by atoms with Crippen molar-refractivity contribution >= 4 is 33.2 Å². The number of aryl methyl sites for hydroxylation is 1. The monoisotopic (exact) mass is 553 g/mol. The van der Waals surface area contributed by atoms with E-state index in [9.17, 15) is 13.2 Å². The van der Waals surface area contributed by atoms with Crippen LogP contribution in [0.4, 0.5) is 5.69 Å². The number of halogens is 1. The minimum atomic E-state index is -3.96. The summed E-state index contributed by atoms with van der Waals surface area (Å²) in [4.78, 5) is 15.9. The van der Waals surface area contributed by atoms with E-state index in [-0.39, 0.29) is 17.3 Å². The van der Waals surface area contributed by atoms with E-state index in [2.05, 4.69) is 16.3 Å². The first-order chi connectivity index (χ1) is 18.3. The van der Waals surface area contributed by atoms with Crippen LogP contribution in [0.5, 0.6) is 5.75 Å². The topological polar surface area (TPSA) is 79.0 Å². The lowest BCUT2D eigenvalue weighted by Gasteiger charge is -2.35. The Kier molecular flexibility index (Phi) is 7.93. The van der Waals surface area contributed by atoms with Crippen LogP contribution >= 0.6 is 11.6 Å². The third kappa shape index (κ3) is 5.82. The van der Waals surface area contributed by atoms with Gasteiger partial charge in [-0.2, -0.15) is 0 Å². The maximum atomic E-state index is 13.6. The molecule has 0 unspecified atom stereocenters. The zero-order chi connectivity index (χ0) is 26.7. The first-order valence-corrected chi connectivity index (χ1v) is 14.8. The molecule has 38 heavy (non-hydrogen) atoms. The molecular formula is C29H32ClN3O4S. The zero-order valence-electron chi connectivity index (χ0n) is 21.4. The molecule has 0 saturated carbocycles. The van der Waals surface area contributed by atoms with Gasteiger partial charge in [-0.3, -0.25) is 14.0 Å². The number of fused-ring (bicyclic) bond motifs is 1. The summed E-state index contributed by atoms with van der Waals surface area (Å²) in [5, 5.41) is 3.36. The van der Waals surface area contributed by atoms with Gasteiger partial charge in [0.05, 0.1) is 17.1 Å². The minimum Gasteiger partial charge on any atom is -0.476 e. The molecule has 1 atom stereocenters. The van der Waals surface area contributed by atoms with Crippen molar-refractivity contribution in [3.8, 4) is 5.75 Å². The van der Waals surface area contributed by atoms with Crippen molar-refractivity contribution in [3.63, 3.8) is 0 Å². The molecule has 1 amide bonds. The van der Waals surface area contributed by atoms with Crippen LogP contribution in [0.15, 0.2) is 71.6 Å². The molecule has 5 rings (SSSR count). The van der Waals surface area contributed by atoms with Crippen molar-refractivity contribution in [1.82, 2.24) is 10.2 Å². The lowest BCUT2D eigenvalue weighted by molar-refractivity contribution is -0.127. The van der Waals surface area contributed by atoms with E-state index in [1.54, 1.807) is 42.5 Å². The van der Waals surface area contributed by atoms with Gasteiger partial charge in [-0.15, -0.1) is 0 Å². The summed E-state index contributed by atoms with van der Waals surface area (Å²) in [6.45, 7) is 5.09. The summed E-state index contributed by atoms with van der Waals surface area (Å²) in [7, 11) is -3.96. The van der Waals surface area contributed by atoms with Crippen LogP contribution in [-0.2, 0) is 27.9 Å². The maximum Gasteiger partial charge on any atom is 0.264 e. The van der Waals surface area contributed by atoms with E-state index in [0.29, 0.717) is 23.0 Å². The summed E-state index contributed by atoms with van der Waals surface area (Å²) in [5.74, 6) is -0.0792. The molecule has 2 aliphatic rings. The van der Waals surface area contributed by atoms with Gasteiger partial charge in [-0.25, -0.2) is 8.42 Å². The quantitative estimate of drug-likeness (QED) is 0.450.